The smallest absolute Gasteiger partial charge is 0.268 e. The van der Waals surface area contributed by atoms with E-state index in [1.165, 1.54) is 0 Å². The molecule has 6 heteroatoms. The molecule has 0 spiro atoms. The molecule has 0 saturated heterocycles. The number of amides is 1. The molecule has 0 aliphatic rings. The summed E-state index contributed by atoms with van der Waals surface area (Å²) in [6, 6.07) is 13.3. The second kappa shape index (κ2) is 7.47. The average Bonchev–Trinajstić information content (AvgIpc) is 3.32. The maximum atomic E-state index is 13.2. The van der Waals surface area contributed by atoms with Gasteiger partial charge in [-0.25, -0.2) is 4.98 Å². The van der Waals surface area contributed by atoms with Crippen molar-refractivity contribution in [2.45, 2.75) is 19.9 Å². The zero-order chi connectivity index (χ0) is 20.5. The summed E-state index contributed by atoms with van der Waals surface area (Å²) in [6.07, 6.45) is 3.58. The Balaban J connectivity index is 1.74. The third-order valence-corrected chi connectivity index (χ3v) is 5.18. The normalized spacial score (nSPS) is 12.1. The number of nitrogens with zero attached hydrogens (tertiary/aromatic N) is 2. The predicted molar refractivity (Wildman–Crippen MR) is 113 cm³/mol. The number of aromatic amines is 1. The third kappa shape index (κ3) is 3.49. The molecule has 0 fully saturated rings. The Labute approximate surface area is 169 Å². The van der Waals surface area contributed by atoms with Gasteiger partial charge in [-0.1, -0.05) is 24.3 Å². The summed E-state index contributed by atoms with van der Waals surface area (Å²) in [5, 5.41) is 4.18. The van der Waals surface area contributed by atoms with Crippen molar-refractivity contribution in [1.82, 2.24) is 19.9 Å². The van der Waals surface area contributed by atoms with Crippen LogP contribution in [0.1, 0.15) is 39.0 Å². The van der Waals surface area contributed by atoms with Crippen molar-refractivity contribution < 1.29 is 9.53 Å². The fourth-order valence-corrected chi connectivity index (χ4v) is 3.77. The second-order valence-corrected chi connectivity index (χ2v) is 7.27. The summed E-state index contributed by atoms with van der Waals surface area (Å²) in [6.45, 7) is 4.10. The molecule has 2 N–H and O–H groups in total. The lowest BCUT2D eigenvalue weighted by Gasteiger charge is -2.21. The molecule has 1 amide bonds. The molecule has 4 rings (SSSR count). The highest BCUT2D eigenvalue weighted by molar-refractivity contribution is 5.99. The Morgan fingerprint density at radius 3 is 2.72 bits per heavy atom. The van der Waals surface area contributed by atoms with Crippen LogP contribution in [0.15, 0.2) is 54.9 Å². The van der Waals surface area contributed by atoms with E-state index in [0.717, 1.165) is 33.4 Å². The van der Waals surface area contributed by atoms with Gasteiger partial charge in [-0.2, -0.15) is 0 Å². The molecule has 0 radical (unpaired) electrons. The molecule has 29 heavy (non-hydrogen) atoms. The van der Waals surface area contributed by atoms with Crippen LogP contribution < -0.4 is 10.1 Å². The highest BCUT2D eigenvalue weighted by atomic mass is 16.5. The first-order valence-corrected chi connectivity index (χ1v) is 9.49. The number of para-hydroxylation sites is 1. The van der Waals surface area contributed by atoms with E-state index >= 15 is 0 Å². The molecule has 0 saturated carbocycles. The van der Waals surface area contributed by atoms with Gasteiger partial charge < -0.3 is 19.6 Å². The fourth-order valence-electron chi connectivity index (χ4n) is 3.77. The monoisotopic (exact) mass is 388 g/mol. The minimum atomic E-state index is -0.451. The van der Waals surface area contributed by atoms with Gasteiger partial charge in [0.05, 0.1) is 7.11 Å². The van der Waals surface area contributed by atoms with E-state index in [4.69, 9.17) is 4.74 Å². The summed E-state index contributed by atoms with van der Waals surface area (Å²) in [7, 11) is 3.53. The largest absolute Gasteiger partial charge is 0.496 e. The first-order valence-electron chi connectivity index (χ1n) is 9.49. The number of benzene rings is 2. The molecule has 2 heterocycles. The first-order chi connectivity index (χ1) is 14.0. The van der Waals surface area contributed by atoms with E-state index in [1.807, 2.05) is 55.1 Å². The van der Waals surface area contributed by atoms with Crippen LogP contribution in [0, 0.1) is 13.8 Å². The molecular formula is C23H24N4O2. The van der Waals surface area contributed by atoms with Crippen LogP contribution in [0.4, 0.5) is 0 Å². The molecule has 1 atom stereocenters. The Morgan fingerprint density at radius 1 is 1.21 bits per heavy atom. The zero-order valence-electron chi connectivity index (χ0n) is 17.0. The van der Waals surface area contributed by atoms with Crippen LogP contribution in [-0.4, -0.2) is 27.6 Å². The summed E-state index contributed by atoms with van der Waals surface area (Å²) < 4.78 is 7.43. The third-order valence-electron chi connectivity index (χ3n) is 5.18. The van der Waals surface area contributed by atoms with Crippen LogP contribution in [-0.2, 0) is 7.05 Å². The highest BCUT2D eigenvalue weighted by Crippen LogP contribution is 2.29. The van der Waals surface area contributed by atoms with E-state index < -0.39 is 6.04 Å². The van der Waals surface area contributed by atoms with Gasteiger partial charge in [0, 0.05) is 35.9 Å². The maximum Gasteiger partial charge on any atom is 0.268 e. The molecule has 4 aromatic rings. The zero-order valence-corrected chi connectivity index (χ0v) is 17.0. The van der Waals surface area contributed by atoms with Gasteiger partial charge in [-0.15, -0.1) is 0 Å². The lowest BCUT2D eigenvalue weighted by atomic mass is 10.0. The van der Waals surface area contributed by atoms with Crippen molar-refractivity contribution in [3.63, 3.8) is 0 Å². The average molecular weight is 388 g/mol. The Kier molecular flexibility index (Phi) is 4.84. The Morgan fingerprint density at radius 2 is 2.00 bits per heavy atom. The first kappa shape index (κ1) is 18.8. The summed E-state index contributed by atoms with van der Waals surface area (Å²) in [5.41, 5.74) is 4.62. The summed E-state index contributed by atoms with van der Waals surface area (Å²) >= 11 is 0. The van der Waals surface area contributed by atoms with E-state index in [-0.39, 0.29) is 5.91 Å². The number of nitrogens with one attached hydrogen (secondary N) is 2. The van der Waals surface area contributed by atoms with Crippen molar-refractivity contribution in [2.75, 3.05) is 7.11 Å². The van der Waals surface area contributed by atoms with E-state index in [1.54, 1.807) is 13.3 Å². The number of carbonyl (C=O) groups excluding carboxylic acids is 1. The standard InChI is InChI=1S/C23H24N4O2/c1-14-11-15(2)17-13-19(25-18(17)12-14)23(28)26-21(22-24-9-10-27(22)3)16-7-5-6-8-20(16)29-4/h5-13,21,25H,1-4H3,(H,26,28). The molecule has 2 aromatic heterocycles. The molecular weight excluding hydrogens is 364 g/mol. The van der Waals surface area contributed by atoms with Crippen LogP contribution in [0.2, 0.25) is 0 Å². The van der Waals surface area contributed by atoms with Gasteiger partial charge in [0.1, 0.15) is 23.3 Å². The SMILES string of the molecule is COc1ccccc1C(NC(=O)c1cc2c(C)cc(C)cc2[nH]1)c1nccn1C. The molecule has 0 aliphatic carbocycles. The number of carbonyl (C=O) groups is 1. The summed E-state index contributed by atoms with van der Waals surface area (Å²) in [4.78, 5) is 20.9. The number of hydrogen-bond donors (Lipinski definition) is 2. The number of ether oxygens (including phenoxy) is 1. The topological polar surface area (TPSA) is 71.9 Å². The number of H-pyrrole nitrogens is 1. The molecule has 148 valence electrons. The van der Waals surface area contributed by atoms with Crippen LogP contribution in [0.25, 0.3) is 10.9 Å². The Hall–Kier alpha value is -3.54. The molecule has 0 aliphatic heterocycles. The van der Waals surface area contributed by atoms with Crippen molar-refractivity contribution in [1.29, 1.82) is 0 Å². The van der Waals surface area contributed by atoms with E-state index in [0.29, 0.717) is 11.4 Å². The van der Waals surface area contributed by atoms with Gasteiger partial charge in [-0.05, 0) is 43.2 Å². The van der Waals surface area contributed by atoms with Crippen LogP contribution in [0.3, 0.4) is 0 Å². The van der Waals surface area contributed by atoms with E-state index in [9.17, 15) is 4.79 Å². The van der Waals surface area contributed by atoms with Gasteiger partial charge >= 0.3 is 0 Å². The number of methoxy groups -OCH3 is 1. The Bertz CT molecular complexity index is 1190. The van der Waals surface area contributed by atoms with Gasteiger partial charge in [0.25, 0.3) is 5.91 Å². The number of hydrogen-bond acceptors (Lipinski definition) is 3. The van der Waals surface area contributed by atoms with Gasteiger partial charge in [0.2, 0.25) is 0 Å². The number of aromatic nitrogens is 3. The van der Waals surface area contributed by atoms with E-state index in [2.05, 4.69) is 34.3 Å². The lowest BCUT2D eigenvalue weighted by Crippen LogP contribution is -2.31. The maximum absolute atomic E-state index is 13.2. The van der Waals surface area contributed by atoms with Crippen molar-refractivity contribution in [3.05, 3.63) is 83.1 Å². The van der Waals surface area contributed by atoms with Crippen molar-refractivity contribution in [3.8, 4) is 5.75 Å². The number of fused-ring (bicyclic) bond motifs is 1. The number of rotatable bonds is 5. The lowest BCUT2D eigenvalue weighted by molar-refractivity contribution is 0.0936. The molecule has 6 nitrogen and oxygen atoms in total. The highest BCUT2D eigenvalue weighted by Gasteiger charge is 2.25. The van der Waals surface area contributed by atoms with Crippen LogP contribution in [0.5, 0.6) is 5.75 Å². The quantitative estimate of drug-likeness (QED) is 0.542. The van der Waals surface area contributed by atoms with Crippen LogP contribution >= 0.6 is 0 Å². The van der Waals surface area contributed by atoms with Crippen molar-refractivity contribution >= 4 is 16.8 Å². The molecule has 0 bridgehead atoms. The minimum Gasteiger partial charge on any atom is -0.496 e. The van der Waals surface area contributed by atoms with Gasteiger partial charge in [0.15, 0.2) is 0 Å². The molecule has 2 aromatic carbocycles. The predicted octanol–water partition coefficient (Wildman–Crippen LogP) is 4.05. The molecule has 1 unspecified atom stereocenters. The number of aryl methyl sites for hydroxylation is 3. The fraction of sp³-hybridized carbons (Fsp3) is 0.217. The minimum absolute atomic E-state index is 0.197. The van der Waals surface area contributed by atoms with Crippen molar-refractivity contribution in [2.24, 2.45) is 7.05 Å². The summed E-state index contributed by atoms with van der Waals surface area (Å²) in [5.74, 6) is 1.23. The number of imidazole rings is 1. The second-order valence-electron chi connectivity index (χ2n) is 7.27. The van der Waals surface area contributed by atoms with Gasteiger partial charge in [-0.3, -0.25) is 4.79 Å².